The van der Waals surface area contributed by atoms with Gasteiger partial charge in [0.15, 0.2) is 0 Å². The molecule has 0 N–H and O–H groups in total. The summed E-state index contributed by atoms with van der Waals surface area (Å²) in [6.45, 7) is 28.0. The van der Waals surface area contributed by atoms with Crippen LogP contribution in [0.2, 0.25) is 0 Å². The molecule has 0 radical (unpaired) electrons. The quantitative estimate of drug-likeness (QED) is 0.164. The van der Waals surface area contributed by atoms with E-state index >= 15 is 0 Å². The Morgan fingerprint density at radius 3 is 1.61 bits per heavy atom. The molecule has 0 unspecified atom stereocenters. The number of benzene rings is 7. The standard InChI is InChI=1S/C58H59BN2/c1-36-32-51-54-52(33-36)61(41-26-20-37(21-27-41)43-17-15-19-46-53(43)44-16-13-14-18-45(44)58(46,11)12)50-35-40(57(8,9)10)24-30-47(50)59(54)48-34-39(56(5,6)7)25-31-49(48)60(51)42-28-22-38(23-29-42)55(2,3)4/h13-35H,1-12H3. The Morgan fingerprint density at radius 2 is 0.967 bits per heavy atom. The molecule has 0 bridgehead atoms. The minimum absolute atomic E-state index is 0.00265. The highest BCUT2D eigenvalue weighted by Crippen LogP contribution is 2.52. The summed E-state index contributed by atoms with van der Waals surface area (Å²) >= 11 is 0. The highest BCUT2D eigenvalue weighted by molar-refractivity contribution is 7.00. The van der Waals surface area contributed by atoms with E-state index in [4.69, 9.17) is 0 Å². The molecule has 61 heavy (non-hydrogen) atoms. The van der Waals surface area contributed by atoms with Gasteiger partial charge in [-0.05, 0) is 144 Å². The molecule has 304 valence electrons. The average molecular weight is 795 g/mol. The van der Waals surface area contributed by atoms with Crippen molar-refractivity contribution in [3.63, 3.8) is 0 Å². The maximum absolute atomic E-state index is 2.57. The zero-order valence-electron chi connectivity index (χ0n) is 38.3. The number of anilines is 6. The van der Waals surface area contributed by atoms with Crippen molar-refractivity contribution in [1.82, 2.24) is 0 Å². The molecule has 0 aromatic heterocycles. The maximum Gasteiger partial charge on any atom is 0.252 e. The first-order chi connectivity index (χ1) is 28.8. The number of aryl methyl sites for hydroxylation is 1. The summed E-state index contributed by atoms with van der Waals surface area (Å²) in [6, 6.07) is 54.1. The Hall–Kier alpha value is -5.80. The topological polar surface area (TPSA) is 6.48 Å². The van der Waals surface area contributed by atoms with E-state index in [9.17, 15) is 0 Å². The molecule has 1 aliphatic carbocycles. The molecule has 0 spiro atoms. The largest absolute Gasteiger partial charge is 0.311 e. The molecule has 2 aliphatic heterocycles. The fourth-order valence-electron chi connectivity index (χ4n) is 10.5. The SMILES string of the molecule is Cc1cc2c3c(c1)N(c1ccc(-c4cccc5c4-c4ccccc4C5(C)C)cc1)c1cc(C(C)(C)C)ccc1B3c1cc(C(C)(C)C)ccc1N2c1ccc(C(C)(C)C)cc1. The summed E-state index contributed by atoms with van der Waals surface area (Å²) in [5.74, 6) is 0. The van der Waals surface area contributed by atoms with E-state index < -0.39 is 0 Å². The van der Waals surface area contributed by atoms with Crippen LogP contribution in [-0.2, 0) is 21.7 Å². The van der Waals surface area contributed by atoms with Gasteiger partial charge in [0.05, 0.1) is 0 Å². The van der Waals surface area contributed by atoms with Crippen LogP contribution >= 0.6 is 0 Å². The van der Waals surface area contributed by atoms with Gasteiger partial charge in [-0.25, -0.2) is 0 Å². The first-order valence-corrected chi connectivity index (χ1v) is 22.3. The van der Waals surface area contributed by atoms with E-state index in [0.717, 1.165) is 0 Å². The van der Waals surface area contributed by atoms with E-state index in [1.165, 1.54) is 106 Å². The van der Waals surface area contributed by atoms with Gasteiger partial charge in [-0.3, -0.25) is 0 Å². The van der Waals surface area contributed by atoms with Gasteiger partial charge in [-0.1, -0.05) is 167 Å². The van der Waals surface area contributed by atoms with Crippen LogP contribution in [0.15, 0.2) is 140 Å². The molecule has 0 amide bonds. The van der Waals surface area contributed by atoms with Crippen molar-refractivity contribution in [3.05, 3.63) is 173 Å². The second-order valence-corrected chi connectivity index (χ2v) is 21.6. The minimum Gasteiger partial charge on any atom is -0.311 e. The van der Waals surface area contributed by atoms with Crippen LogP contribution < -0.4 is 26.2 Å². The number of rotatable bonds is 3. The molecule has 0 atom stereocenters. The minimum atomic E-state index is -0.0419. The summed E-state index contributed by atoms with van der Waals surface area (Å²) in [6.07, 6.45) is 0. The lowest BCUT2D eigenvalue weighted by Crippen LogP contribution is -2.61. The number of hydrogen-bond donors (Lipinski definition) is 0. The van der Waals surface area contributed by atoms with E-state index in [2.05, 4.69) is 232 Å². The predicted molar refractivity (Wildman–Crippen MR) is 264 cm³/mol. The van der Waals surface area contributed by atoms with Crippen molar-refractivity contribution >= 4 is 57.2 Å². The molecule has 0 fully saturated rings. The Balaban J connectivity index is 1.20. The van der Waals surface area contributed by atoms with Crippen molar-refractivity contribution in [3.8, 4) is 22.3 Å². The van der Waals surface area contributed by atoms with Crippen LogP contribution in [-0.4, -0.2) is 6.71 Å². The summed E-state index contributed by atoms with van der Waals surface area (Å²) in [4.78, 5) is 5.12. The highest BCUT2D eigenvalue weighted by atomic mass is 15.2. The molecule has 3 aliphatic rings. The lowest BCUT2D eigenvalue weighted by Gasteiger charge is -2.45. The molecule has 7 aromatic carbocycles. The van der Waals surface area contributed by atoms with Crippen molar-refractivity contribution in [2.24, 2.45) is 0 Å². The van der Waals surface area contributed by atoms with Crippen LogP contribution in [0.3, 0.4) is 0 Å². The molecule has 2 nitrogen and oxygen atoms in total. The molecular formula is C58H59BN2. The van der Waals surface area contributed by atoms with Crippen molar-refractivity contribution in [2.45, 2.75) is 105 Å². The third kappa shape index (κ3) is 6.13. The maximum atomic E-state index is 2.57. The first kappa shape index (κ1) is 39.3. The molecule has 0 saturated heterocycles. The van der Waals surface area contributed by atoms with Gasteiger partial charge in [0.2, 0.25) is 0 Å². The zero-order valence-corrected chi connectivity index (χ0v) is 38.3. The van der Waals surface area contributed by atoms with Crippen molar-refractivity contribution in [2.75, 3.05) is 9.80 Å². The normalized spacial score (nSPS) is 14.9. The monoisotopic (exact) mass is 794 g/mol. The third-order valence-electron chi connectivity index (χ3n) is 14.0. The molecular weight excluding hydrogens is 735 g/mol. The molecule has 10 rings (SSSR count). The van der Waals surface area contributed by atoms with Gasteiger partial charge in [-0.2, -0.15) is 0 Å². The predicted octanol–water partition coefficient (Wildman–Crippen LogP) is 13.9. The Labute approximate surface area is 365 Å². The van der Waals surface area contributed by atoms with Gasteiger partial charge >= 0.3 is 0 Å². The van der Waals surface area contributed by atoms with Gasteiger partial charge in [-0.15, -0.1) is 0 Å². The van der Waals surface area contributed by atoms with Gasteiger partial charge in [0.1, 0.15) is 0 Å². The Bertz CT molecular complexity index is 2890. The lowest BCUT2D eigenvalue weighted by molar-refractivity contribution is 0.590. The number of fused-ring (bicyclic) bond motifs is 7. The molecule has 0 saturated carbocycles. The van der Waals surface area contributed by atoms with Crippen LogP contribution in [0.1, 0.15) is 110 Å². The smallest absolute Gasteiger partial charge is 0.252 e. The summed E-state index contributed by atoms with van der Waals surface area (Å²) in [5, 5.41) is 0. The molecule has 7 aromatic rings. The summed E-state index contributed by atoms with van der Waals surface area (Å²) in [5.41, 5.74) is 24.8. The Morgan fingerprint density at radius 1 is 0.443 bits per heavy atom. The fraction of sp³-hybridized carbons (Fsp3) is 0.276. The molecule has 2 heterocycles. The van der Waals surface area contributed by atoms with Crippen LogP contribution in [0.5, 0.6) is 0 Å². The fourth-order valence-corrected chi connectivity index (χ4v) is 10.5. The zero-order chi connectivity index (χ0) is 43.0. The lowest BCUT2D eigenvalue weighted by atomic mass is 9.33. The van der Waals surface area contributed by atoms with Gasteiger partial charge in [0, 0.05) is 39.5 Å². The van der Waals surface area contributed by atoms with E-state index in [1.807, 2.05) is 0 Å². The molecule has 3 heteroatoms. The van der Waals surface area contributed by atoms with E-state index in [-0.39, 0.29) is 28.4 Å². The number of nitrogens with zero attached hydrogens (tertiary/aromatic N) is 2. The van der Waals surface area contributed by atoms with Crippen LogP contribution in [0, 0.1) is 6.92 Å². The highest BCUT2D eigenvalue weighted by Gasteiger charge is 2.44. The Kier molecular flexibility index (Phi) is 8.61. The summed E-state index contributed by atoms with van der Waals surface area (Å²) < 4.78 is 0. The third-order valence-corrected chi connectivity index (χ3v) is 14.0. The van der Waals surface area contributed by atoms with Crippen LogP contribution in [0.4, 0.5) is 34.1 Å². The van der Waals surface area contributed by atoms with Gasteiger partial charge < -0.3 is 9.80 Å². The average Bonchev–Trinajstić information content (AvgIpc) is 3.45. The van der Waals surface area contributed by atoms with Crippen LogP contribution in [0.25, 0.3) is 22.3 Å². The first-order valence-electron chi connectivity index (χ1n) is 22.3. The van der Waals surface area contributed by atoms with Gasteiger partial charge in [0.25, 0.3) is 6.71 Å². The van der Waals surface area contributed by atoms with E-state index in [0.29, 0.717) is 0 Å². The second-order valence-electron chi connectivity index (χ2n) is 21.6. The van der Waals surface area contributed by atoms with Crippen molar-refractivity contribution in [1.29, 1.82) is 0 Å². The van der Waals surface area contributed by atoms with Crippen molar-refractivity contribution < 1.29 is 0 Å². The van der Waals surface area contributed by atoms with E-state index in [1.54, 1.807) is 0 Å². The second kappa shape index (κ2) is 13.4. The number of hydrogen-bond acceptors (Lipinski definition) is 2. The summed E-state index contributed by atoms with van der Waals surface area (Å²) in [7, 11) is 0.